The topological polar surface area (TPSA) is 81.9 Å². The Morgan fingerprint density at radius 1 is 1.08 bits per heavy atom. The Kier molecular flexibility index (Phi) is 5.68. The minimum absolute atomic E-state index is 0.0667. The summed E-state index contributed by atoms with van der Waals surface area (Å²) < 4.78 is 32.2. The molecular formula is C29H23FN2O5S. The first-order valence-corrected chi connectivity index (χ1v) is 12.9. The summed E-state index contributed by atoms with van der Waals surface area (Å²) in [7, 11) is 1.52. The van der Waals surface area contributed by atoms with Gasteiger partial charge in [0.2, 0.25) is 5.76 Å². The van der Waals surface area contributed by atoms with Crippen molar-refractivity contribution in [3.63, 3.8) is 0 Å². The standard InChI is InChI=1S/C29H23FN2O5S/c1-5-36-20-8-6-16(12-21(20)35-4)25-23-26(33)18-13-17(30)7-9-19(18)37-27(23)28(34)32(25)29-31-24-15(3)10-14(2)11-22(24)38-29/h6-13,25H,5H2,1-4H3. The third-order valence-electron chi connectivity index (χ3n) is 6.66. The summed E-state index contributed by atoms with van der Waals surface area (Å²) in [6.07, 6.45) is 0. The van der Waals surface area contributed by atoms with Gasteiger partial charge in [-0.25, -0.2) is 9.37 Å². The number of methoxy groups -OCH3 is 1. The van der Waals surface area contributed by atoms with E-state index < -0.39 is 23.2 Å². The van der Waals surface area contributed by atoms with Gasteiger partial charge < -0.3 is 13.9 Å². The van der Waals surface area contributed by atoms with Crippen LogP contribution in [0, 0.1) is 19.7 Å². The molecule has 192 valence electrons. The highest BCUT2D eigenvalue weighted by molar-refractivity contribution is 7.22. The van der Waals surface area contributed by atoms with Gasteiger partial charge in [-0.15, -0.1) is 0 Å². The fraction of sp³-hybridized carbons (Fsp3) is 0.207. The zero-order valence-electron chi connectivity index (χ0n) is 21.1. The number of aryl methyl sites for hydroxylation is 2. The van der Waals surface area contributed by atoms with Crippen LogP contribution < -0.4 is 19.8 Å². The molecule has 0 aliphatic carbocycles. The number of nitrogens with zero attached hydrogens (tertiary/aromatic N) is 2. The second-order valence-corrected chi connectivity index (χ2v) is 10.2. The van der Waals surface area contributed by atoms with E-state index in [1.54, 1.807) is 18.2 Å². The predicted molar refractivity (Wildman–Crippen MR) is 144 cm³/mol. The summed E-state index contributed by atoms with van der Waals surface area (Å²) in [5.41, 5.74) is 3.26. The van der Waals surface area contributed by atoms with E-state index >= 15 is 0 Å². The van der Waals surface area contributed by atoms with Crippen molar-refractivity contribution in [1.82, 2.24) is 4.98 Å². The van der Waals surface area contributed by atoms with Crippen LogP contribution in [-0.2, 0) is 0 Å². The van der Waals surface area contributed by atoms with Crippen LogP contribution in [0.25, 0.3) is 21.2 Å². The quantitative estimate of drug-likeness (QED) is 0.265. The lowest BCUT2D eigenvalue weighted by molar-refractivity contribution is 0.0971. The highest BCUT2D eigenvalue weighted by Gasteiger charge is 2.45. The highest BCUT2D eigenvalue weighted by atomic mass is 32.1. The van der Waals surface area contributed by atoms with Crippen molar-refractivity contribution in [3.8, 4) is 11.5 Å². The van der Waals surface area contributed by atoms with Crippen LogP contribution >= 0.6 is 11.3 Å². The van der Waals surface area contributed by atoms with Crippen molar-refractivity contribution < 1.29 is 23.1 Å². The predicted octanol–water partition coefficient (Wildman–Crippen LogP) is 6.32. The van der Waals surface area contributed by atoms with Gasteiger partial charge in [0.15, 0.2) is 22.1 Å². The molecule has 0 saturated heterocycles. The number of fused-ring (bicyclic) bond motifs is 3. The second-order valence-electron chi connectivity index (χ2n) is 9.16. The zero-order valence-corrected chi connectivity index (χ0v) is 21.9. The van der Waals surface area contributed by atoms with E-state index in [-0.39, 0.29) is 22.3 Å². The van der Waals surface area contributed by atoms with Gasteiger partial charge >= 0.3 is 0 Å². The Labute approximate surface area is 221 Å². The molecular weight excluding hydrogens is 507 g/mol. The summed E-state index contributed by atoms with van der Waals surface area (Å²) >= 11 is 1.36. The fourth-order valence-electron chi connectivity index (χ4n) is 5.05. The third-order valence-corrected chi connectivity index (χ3v) is 7.66. The number of ether oxygens (including phenoxy) is 2. The Hall–Kier alpha value is -4.24. The van der Waals surface area contributed by atoms with E-state index in [4.69, 9.17) is 18.9 Å². The molecule has 6 rings (SSSR count). The monoisotopic (exact) mass is 530 g/mol. The van der Waals surface area contributed by atoms with Crippen LogP contribution in [0.1, 0.15) is 45.8 Å². The molecule has 0 N–H and O–H groups in total. The van der Waals surface area contributed by atoms with Gasteiger partial charge in [-0.3, -0.25) is 14.5 Å². The number of halogens is 1. The molecule has 0 bridgehead atoms. The first-order valence-electron chi connectivity index (χ1n) is 12.1. The van der Waals surface area contributed by atoms with Crippen molar-refractivity contribution in [2.75, 3.05) is 18.6 Å². The van der Waals surface area contributed by atoms with Gasteiger partial charge in [-0.1, -0.05) is 23.5 Å². The van der Waals surface area contributed by atoms with Crippen LogP contribution in [0.5, 0.6) is 11.5 Å². The molecule has 2 aromatic heterocycles. The molecule has 5 aromatic rings. The molecule has 1 atom stereocenters. The van der Waals surface area contributed by atoms with E-state index in [1.165, 1.54) is 35.5 Å². The van der Waals surface area contributed by atoms with Crippen molar-refractivity contribution in [2.24, 2.45) is 0 Å². The van der Waals surface area contributed by atoms with E-state index in [0.717, 1.165) is 27.4 Å². The van der Waals surface area contributed by atoms with Gasteiger partial charge in [-0.05, 0) is 73.9 Å². The summed E-state index contributed by atoms with van der Waals surface area (Å²) in [6.45, 7) is 6.29. The number of amides is 1. The van der Waals surface area contributed by atoms with Crippen molar-refractivity contribution in [1.29, 1.82) is 0 Å². The van der Waals surface area contributed by atoms with Crippen molar-refractivity contribution in [2.45, 2.75) is 26.8 Å². The number of hydrogen-bond acceptors (Lipinski definition) is 7. The van der Waals surface area contributed by atoms with Crippen LogP contribution in [-0.4, -0.2) is 24.6 Å². The summed E-state index contributed by atoms with van der Waals surface area (Å²) in [4.78, 5) is 34.0. The van der Waals surface area contributed by atoms with Gasteiger partial charge in [0.25, 0.3) is 5.91 Å². The third kappa shape index (κ3) is 3.65. The normalized spacial score (nSPS) is 14.9. The molecule has 3 heterocycles. The number of carbonyl (C=O) groups excluding carboxylic acids is 1. The number of rotatable bonds is 5. The molecule has 1 aliphatic heterocycles. The maximum Gasteiger partial charge on any atom is 0.297 e. The molecule has 0 spiro atoms. The van der Waals surface area contributed by atoms with Crippen LogP contribution in [0.4, 0.5) is 9.52 Å². The number of benzene rings is 3. The summed E-state index contributed by atoms with van der Waals surface area (Å²) in [5.74, 6) is -0.151. The van der Waals surface area contributed by atoms with Gasteiger partial charge in [-0.2, -0.15) is 0 Å². The van der Waals surface area contributed by atoms with Crippen LogP contribution in [0.3, 0.4) is 0 Å². The first-order chi connectivity index (χ1) is 18.3. The van der Waals surface area contributed by atoms with E-state index in [2.05, 4.69) is 0 Å². The summed E-state index contributed by atoms with van der Waals surface area (Å²) in [5, 5.41) is 0.495. The molecule has 0 radical (unpaired) electrons. The van der Waals surface area contributed by atoms with E-state index in [9.17, 15) is 14.0 Å². The Bertz CT molecular complexity index is 1830. The first kappa shape index (κ1) is 24.1. The molecule has 0 fully saturated rings. The summed E-state index contributed by atoms with van der Waals surface area (Å²) in [6, 6.07) is 12.1. The maximum absolute atomic E-state index is 14.1. The highest BCUT2D eigenvalue weighted by Crippen LogP contribution is 2.45. The second kappa shape index (κ2) is 8.95. The van der Waals surface area contributed by atoms with E-state index in [1.807, 2.05) is 32.9 Å². The minimum Gasteiger partial charge on any atom is -0.493 e. The number of anilines is 1. The van der Waals surface area contributed by atoms with Gasteiger partial charge in [0.1, 0.15) is 11.4 Å². The lowest BCUT2D eigenvalue weighted by Crippen LogP contribution is -2.29. The molecule has 1 amide bonds. The lowest BCUT2D eigenvalue weighted by Gasteiger charge is -2.23. The van der Waals surface area contributed by atoms with Gasteiger partial charge in [0.05, 0.1) is 40.9 Å². The number of thiazole rings is 1. The molecule has 1 unspecified atom stereocenters. The number of aromatic nitrogens is 1. The molecule has 1 aliphatic rings. The minimum atomic E-state index is -0.868. The lowest BCUT2D eigenvalue weighted by atomic mass is 9.98. The Morgan fingerprint density at radius 3 is 2.66 bits per heavy atom. The Balaban J connectivity index is 1.63. The molecule has 38 heavy (non-hydrogen) atoms. The molecule has 7 nitrogen and oxygen atoms in total. The Morgan fingerprint density at radius 2 is 1.89 bits per heavy atom. The fourth-order valence-corrected chi connectivity index (χ4v) is 6.22. The molecule has 3 aromatic carbocycles. The average Bonchev–Trinajstić information content (AvgIpc) is 3.44. The van der Waals surface area contributed by atoms with Crippen LogP contribution in [0.15, 0.2) is 57.7 Å². The van der Waals surface area contributed by atoms with Crippen molar-refractivity contribution in [3.05, 3.63) is 92.6 Å². The molecule has 9 heteroatoms. The van der Waals surface area contributed by atoms with E-state index in [0.29, 0.717) is 28.8 Å². The zero-order chi connectivity index (χ0) is 26.7. The smallest absolute Gasteiger partial charge is 0.297 e. The number of hydrogen-bond donors (Lipinski definition) is 0. The maximum atomic E-state index is 14.1. The van der Waals surface area contributed by atoms with Gasteiger partial charge in [0, 0.05) is 0 Å². The van der Waals surface area contributed by atoms with Crippen molar-refractivity contribution >= 4 is 43.6 Å². The number of carbonyl (C=O) groups is 1. The average molecular weight is 531 g/mol. The van der Waals surface area contributed by atoms with Crippen LogP contribution in [0.2, 0.25) is 0 Å². The SMILES string of the molecule is CCOc1ccc(C2c3c(oc4ccc(F)cc4c3=O)C(=O)N2c2nc3c(C)cc(C)cc3s2)cc1OC. The molecule has 0 saturated carbocycles. The largest absolute Gasteiger partial charge is 0.493 e.